The van der Waals surface area contributed by atoms with Gasteiger partial charge in [0.05, 0.1) is 11.8 Å². The largest absolute Gasteiger partial charge is 0.353 e. The van der Waals surface area contributed by atoms with Crippen LogP contribution in [0.4, 0.5) is 0 Å². The Morgan fingerprint density at radius 3 is 2.69 bits per heavy atom. The smallest absolute Gasteiger partial charge is 0.151 e. The molecule has 4 nitrogen and oxygen atoms in total. The van der Waals surface area contributed by atoms with Crippen LogP contribution in [-0.4, -0.2) is 14.8 Å². The van der Waals surface area contributed by atoms with Crippen molar-refractivity contribution >= 4 is 11.6 Å². The van der Waals surface area contributed by atoms with Crippen LogP contribution in [0.5, 0.6) is 0 Å². The molecule has 0 fully saturated rings. The van der Waals surface area contributed by atoms with Crippen molar-refractivity contribution in [1.29, 1.82) is 5.26 Å². The molecule has 1 atom stereocenters. The summed E-state index contributed by atoms with van der Waals surface area (Å²) in [6.07, 6.45) is 1.89. The molecule has 0 radical (unpaired) electrons. The maximum atomic E-state index is 9.18. The van der Waals surface area contributed by atoms with Gasteiger partial charge in [0.15, 0.2) is 5.15 Å². The molecule has 0 aliphatic carbocycles. The van der Waals surface area contributed by atoms with E-state index < -0.39 is 5.92 Å². The third kappa shape index (κ3) is 1.90. The van der Waals surface area contributed by atoms with Crippen LogP contribution in [0, 0.1) is 11.3 Å². The van der Waals surface area contributed by atoms with Crippen LogP contribution in [0.1, 0.15) is 17.3 Å². The molecule has 80 valence electrons. The lowest BCUT2D eigenvalue weighted by atomic mass is 10.0. The standard InChI is InChI=1S/C11H9ClN4/c1-16-6-2-3-10(16)8(7-13)9-4-5-11(12)15-14-9/h2-6,8H,1H3. The highest BCUT2D eigenvalue weighted by Gasteiger charge is 2.17. The molecule has 1 unspecified atom stereocenters. The number of aryl methyl sites for hydroxylation is 1. The Bertz CT molecular complexity index is 524. The summed E-state index contributed by atoms with van der Waals surface area (Å²) in [5.74, 6) is -0.412. The Morgan fingerprint density at radius 2 is 2.19 bits per heavy atom. The molecule has 0 spiro atoms. The molecule has 0 aliphatic rings. The van der Waals surface area contributed by atoms with E-state index in [1.165, 1.54) is 0 Å². The maximum Gasteiger partial charge on any atom is 0.151 e. The van der Waals surface area contributed by atoms with Crippen molar-refractivity contribution in [3.05, 3.63) is 47.0 Å². The van der Waals surface area contributed by atoms with Crippen LogP contribution in [0.25, 0.3) is 0 Å². The van der Waals surface area contributed by atoms with Crippen molar-refractivity contribution in [2.45, 2.75) is 5.92 Å². The lowest BCUT2D eigenvalue weighted by Gasteiger charge is -2.09. The van der Waals surface area contributed by atoms with Crippen molar-refractivity contribution in [2.75, 3.05) is 0 Å². The van der Waals surface area contributed by atoms with E-state index in [1.54, 1.807) is 12.1 Å². The lowest BCUT2D eigenvalue weighted by Crippen LogP contribution is -2.06. The molecule has 0 amide bonds. The molecule has 5 heteroatoms. The van der Waals surface area contributed by atoms with Crippen molar-refractivity contribution in [2.24, 2.45) is 7.05 Å². The summed E-state index contributed by atoms with van der Waals surface area (Å²) in [6, 6.07) is 9.35. The molecule has 0 bridgehead atoms. The first kappa shape index (κ1) is 10.7. The van der Waals surface area contributed by atoms with E-state index in [9.17, 15) is 5.26 Å². The van der Waals surface area contributed by atoms with Gasteiger partial charge < -0.3 is 4.57 Å². The molecule has 2 aromatic rings. The van der Waals surface area contributed by atoms with Gasteiger partial charge in [-0.05, 0) is 24.3 Å². The first-order valence-electron chi connectivity index (χ1n) is 4.72. The minimum absolute atomic E-state index is 0.326. The Balaban J connectivity index is 2.42. The molecule has 0 saturated heterocycles. The van der Waals surface area contributed by atoms with Gasteiger partial charge >= 0.3 is 0 Å². The summed E-state index contributed by atoms with van der Waals surface area (Å²) < 4.78 is 1.89. The zero-order chi connectivity index (χ0) is 11.5. The van der Waals surface area contributed by atoms with E-state index in [1.807, 2.05) is 29.9 Å². The quantitative estimate of drug-likeness (QED) is 0.797. The number of halogens is 1. The first-order chi connectivity index (χ1) is 7.72. The van der Waals surface area contributed by atoms with Gasteiger partial charge in [-0.25, -0.2) is 0 Å². The molecule has 0 N–H and O–H groups in total. The summed E-state index contributed by atoms with van der Waals surface area (Å²) in [5.41, 5.74) is 1.49. The van der Waals surface area contributed by atoms with Gasteiger partial charge in [-0.2, -0.15) is 10.4 Å². The monoisotopic (exact) mass is 232 g/mol. The van der Waals surface area contributed by atoms with Crippen molar-refractivity contribution in [3.63, 3.8) is 0 Å². The second-order valence-electron chi connectivity index (χ2n) is 3.39. The van der Waals surface area contributed by atoms with E-state index in [2.05, 4.69) is 16.3 Å². The van der Waals surface area contributed by atoms with E-state index in [0.717, 1.165) is 5.69 Å². The van der Waals surface area contributed by atoms with Crippen molar-refractivity contribution in [1.82, 2.24) is 14.8 Å². The molecule has 0 saturated carbocycles. The summed E-state index contributed by atoms with van der Waals surface area (Å²) in [5, 5.41) is 17.2. The van der Waals surface area contributed by atoms with Crippen LogP contribution < -0.4 is 0 Å². The molecule has 2 heterocycles. The van der Waals surface area contributed by atoms with E-state index in [-0.39, 0.29) is 0 Å². The number of hydrogen-bond acceptors (Lipinski definition) is 3. The highest BCUT2D eigenvalue weighted by molar-refractivity contribution is 6.29. The van der Waals surface area contributed by atoms with Crippen molar-refractivity contribution < 1.29 is 0 Å². The molecular weight excluding hydrogens is 224 g/mol. The maximum absolute atomic E-state index is 9.18. The molecule has 2 rings (SSSR count). The predicted molar refractivity (Wildman–Crippen MR) is 59.9 cm³/mol. The molecule has 2 aromatic heterocycles. The van der Waals surface area contributed by atoms with Crippen LogP contribution in [0.3, 0.4) is 0 Å². The molecule has 0 aromatic carbocycles. The Hall–Kier alpha value is -1.86. The van der Waals surface area contributed by atoms with Crippen LogP contribution >= 0.6 is 11.6 Å². The SMILES string of the molecule is Cn1cccc1C(C#N)c1ccc(Cl)nn1. The highest BCUT2D eigenvalue weighted by Crippen LogP contribution is 2.22. The summed E-state index contributed by atoms with van der Waals surface area (Å²) in [4.78, 5) is 0. The van der Waals surface area contributed by atoms with Gasteiger partial charge in [0.25, 0.3) is 0 Å². The highest BCUT2D eigenvalue weighted by atomic mass is 35.5. The van der Waals surface area contributed by atoms with Crippen molar-refractivity contribution in [3.8, 4) is 6.07 Å². The summed E-state index contributed by atoms with van der Waals surface area (Å²) in [7, 11) is 1.89. The zero-order valence-electron chi connectivity index (χ0n) is 8.63. The molecular formula is C11H9ClN4. The predicted octanol–water partition coefficient (Wildman–Crippen LogP) is 2.12. The van der Waals surface area contributed by atoms with E-state index in [4.69, 9.17) is 11.6 Å². The topological polar surface area (TPSA) is 54.5 Å². The minimum atomic E-state index is -0.412. The third-order valence-electron chi connectivity index (χ3n) is 2.36. The van der Waals surface area contributed by atoms with Gasteiger partial charge in [0.2, 0.25) is 0 Å². The lowest BCUT2D eigenvalue weighted by molar-refractivity contribution is 0.783. The number of rotatable bonds is 2. The fraction of sp³-hybridized carbons (Fsp3) is 0.182. The van der Waals surface area contributed by atoms with Gasteiger partial charge in [-0.15, -0.1) is 5.10 Å². The average molecular weight is 233 g/mol. The second-order valence-corrected chi connectivity index (χ2v) is 3.77. The average Bonchev–Trinajstić information content (AvgIpc) is 2.69. The van der Waals surface area contributed by atoms with Crippen LogP contribution in [-0.2, 0) is 7.05 Å². The molecule has 0 aliphatic heterocycles. The van der Waals surface area contributed by atoms with E-state index >= 15 is 0 Å². The zero-order valence-corrected chi connectivity index (χ0v) is 9.39. The number of hydrogen-bond donors (Lipinski definition) is 0. The summed E-state index contributed by atoms with van der Waals surface area (Å²) >= 11 is 5.65. The Labute approximate surface area is 98.1 Å². The number of nitriles is 1. The van der Waals surface area contributed by atoms with Gasteiger partial charge in [-0.3, -0.25) is 0 Å². The van der Waals surface area contributed by atoms with Gasteiger partial charge in [0, 0.05) is 18.9 Å². The van der Waals surface area contributed by atoms with Gasteiger partial charge in [0.1, 0.15) is 5.92 Å². The Morgan fingerprint density at radius 1 is 1.38 bits per heavy atom. The number of aromatic nitrogens is 3. The molecule has 16 heavy (non-hydrogen) atoms. The second kappa shape index (κ2) is 4.33. The Kier molecular flexibility index (Phi) is 2.88. The minimum Gasteiger partial charge on any atom is -0.353 e. The van der Waals surface area contributed by atoms with Gasteiger partial charge in [-0.1, -0.05) is 11.6 Å². The van der Waals surface area contributed by atoms with Crippen LogP contribution in [0.15, 0.2) is 30.5 Å². The third-order valence-corrected chi connectivity index (χ3v) is 2.56. The fourth-order valence-electron chi connectivity index (χ4n) is 1.54. The fourth-order valence-corrected chi connectivity index (χ4v) is 1.64. The number of nitrogens with zero attached hydrogens (tertiary/aromatic N) is 4. The normalized spacial score (nSPS) is 12.1. The van der Waals surface area contributed by atoms with Crippen LogP contribution in [0.2, 0.25) is 5.15 Å². The first-order valence-corrected chi connectivity index (χ1v) is 5.10. The summed E-state index contributed by atoms with van der Waals surface area (Å²) in [6.45, 7) is 0. The van der Waals surface area contributed by atoms with E-state index in [0.29, 0.717) is 10.8 Å².